The highest BCUT2D eigenvalue weighted by molar-refractivity contribution is 4.38. The van der Waals surface area contributed by atoms with Crippen LogP contribution in [0.25, 0.3) is 0 Å². The van der Waals surface area contributed by atoms with Crippen LogP contribution in [0.1, 0.15) is 19.8 Å². The molecule has 1 atom stereocenters. The van der Waals surface area contributed by atoms with Crippen molar-refractivity contribution in [2.75, 3.05) is 0 Å². The summed E-state index contributed by atoms with van der Waals surface area (Å²) in [6, 6.07) is 0. The molecule has 0 aromatic rings. The third-order valence-electron chi connectivity index (χ3n) is 0.584. The monoisotopic (exact) mass is 89.1 g/mol. The van der Waals surface area contributed by atoms with Crippen LogP contribution in [0.4, 0.5) is 0 Å². The van der Waals surface area contributed by atoms with Crippen LogP contribution in [0, 0.1) is 0 Å². The van der Waals surface area contributed by atoms with Crippen LogP contribution >= 0.6 is 0 Å². The molecular weight excluding hydrogens is 78.0 g/mol. The molecule has 0 spiro atoms. The van der Waals surface area contributed by atoms with E-state index in [2.05, 4.69) is 0 Å². The zero-order valence-electron chi connectivity index (χ0n) is 4.02. The lowest BCUT2D eigenvalue weighted by Crippen LogP contribution is -2.17. The summed E-state index contributed by atoms with van der Waals surface area (Å²) in [5.41, 5.74) is 4.96. The molecule has 0 amide bonds. The van der Waals surface area contributed by atoms with E-state index in [-0.39, 0.29) is 0 Å². The van der Waals surface area contributed by atoms with E-state index >= 15 is 0 Å². The first-order chi connectivity index (χ1) is 2.77. The minimum atomic E-state index is -0.602. The second-order valence-electron chi connectivity index (χ2n) is 1.36. The summed E-state index contributed by atoms with van der Waals surface area (Å²) in [6.45, 7) is 1.98. The lowest BCUT2D eigenvalue weighted by Gasteiger charge is -1.96. The van der Waals surface area contributed by atoms with Crippen LogP contribution in [0.2, 0.25) is 0 Å². The third-order valence-corrected chi connectivity index (χ3v) is 0.584. The van der Waals surface area contributed by atoms with Crippen molar-refractivity contribution < 1.29 is 5.11 Å². The number of hydrogen-bond donors (Lipinski definition) is 2. The van der Waals surface area contributed by atoms with Crippen molar-refractivity contribution >= 4 is 0 Å². The molecule has 0 unspecified atom stereocenters. The predicted octanol–water partition coefficient (Wildman–Crippen LogP) is 0.0636. The molecule has 3 N–H and O–H groups in total. The smallest absolute Gasteiger partial charge is 0.102 e. The Labute approximate surface area is 38.0 Å². The molecule has 2 nitrogen and oxygen atoms in total. The number of nitrogens with two attached hydrogens (primary N) is 1. The van der Waals surface area contributed by atoms with Crippen LogP contribution in [0.3, 0.4) is 0 Å². The van der Waals surface area contributed by atoms with Gasteiger partial charge < -0.3 is 10.8 Å². The molecule has 0 radical (unpaired) electrons. The zero-order valence-corrected chi connectivity index (χ0v) is 4.02. The Hall–Kier alpha value is -0.0800. The van der Waals surface area contributed by atoms with Gasteiger partial charge in [0.2, 0.25) is 0 Å². The van der Waals surface area contributed by atoms with E-state index in [9.17, 15) is 0 Å². The van der Waals surface area contributed by atoms with Gasteiger partial charge in [0.1, 0.15) is 6.23 Å². The minimum Gasteiger partial charge on any atom is -0.379 e. The van der Waals surface area contributed by atoms with Gasteiger partial charge in [0.05, 0.1) is 0 Å². The van der Waals surface area contributed by atoms with Crippen molar-refractivity contribution in [2.45, 2.75) is 26.0 Å². The SMILES string of the molecule is CCC[C@H](N)O. The third kappa shape index (κ3) is 3.92. The number of aliphatic hydroxyl groups is 1. The molecule has 0 aliphatic heterocycles. The van der Waals surface area contributed by atoms with E-state index in [0.717, 1.165) is 6.42 Å². The molecule has 0 heterocycles. The van der Waals surface area contributed by atoms with Gasteiger partial charge in [-0.3, -0.25) is 0 Å². The summed E-state index contributed by atoms with van der Waals surface area (Å²) in [7, 11) is 0. The van der Waals surface area contributed by atoms with Gasteiger partial charge in [-0.2, -0.15) is 0 Å². The van der Waals surface area contributed by atoms with Gasteiger partial charge in [-0.15, -0.1) is 0 Å². The lowest BCUT2D eigenvalue weighted by molar-refractivity contribution is 0.171. The summed E-state index contributed by atoms with van der Waals surface area (Å²) in [4.78, 5) is 0. The highest BCUT2D eigenvalue weighted by Gasteiger charge is 1.87. The average molecular weight is 89.1 g/mol. The van der Waals surface area contributed by atoms with Crippen molar-refractivity contribution in [1.82, 2.24) is 0 Å². The largest absolute Gasteiger partial charge is 0.379 e. The van der Waals surface area contributed by atoms with Crippen LogP contribution in [0.5, 0.6) is 0 Å². The highest BCUT2D eigenvalue weighted by atomic mass is 16.3. The standard InChI is InChI=1S/C4H11NO/c1-2-3-4(5)6/h4,6H,2-3,5H2,1H3/t4-/m1/s1. The highest BCUT2D eigenvalue weighted by Crippen LogP contribution is 1.85. The van der Waals surface area contributed by atoms with Crippen molar-refractivity contribution in [3.63, 3.8) is 0 Å². The quantitative estimate of drug-likeness (QED) is 0.470. The van der Waals surface area contributed by atoms with E-state index in [4.69, 9.17) is 10.8 Å². The molecule has 38 valence electrons. The van der Waals surface area contributed by atoms with Gasteiger partial charge in [0, 0.05) is 0 Å². The van der Waals surface area contributed by atoms with Gasteiger partial charge in [-0.05, 0) is 6.42 Å². The number of aliphatic hydroxyl groups excluding tert-OH is 1. The average Bonchev–Trinajstić information content (AvgIpc) is 1.35. The van der Waals surface area contributed by atoms with Gasteiger partial charge in [-0.1, -0.05) is 13.3 Å². The van der Waals surface area contributed by atoms with Gasteiger partial charge >= 0.3 is 0 Å². The Bertz CT molecular complexity index is 28.7. The van der Waals surface area contributed by atoms with E-state index in [0.29, 0.717) is 6.42 Å². The van der Waals surface area contributed by atoms with Crippen molar-refractivity contribution in [3.8, 4) is 0 Å². The molecule has 0 aromatic carbocycles. The van der Waals surface area contributed by atoms with Crippen molar-refractivity contribution in [2.24, 2.45) is 5.73 Å². The Morgan fingerprint density at radius 3 is 2.33 bits per heavy atom. The van der Waals surface area contributed by atoms with E-state index in [1.165, 1.54) is 0 Å². The molecular formula is C4H11NO. The van der Waals surface area contributed by atoms with E-state index < -0.39 is 6.23 Å². The second-order valence-corrected chi connectivity index (χ2v) is 1.36. The Kier molecular flexibility index (Phi) is 3.08. The van der Waals surface area contributed by atoms with E-state index in [1.807, 2.05) is 6.92 Å². The maximum Gasteiger partial charge on any atom is 0.102 e. The van der Waals surface area contributed by atoms with Crippen LogP contribution < -0.4 is 5.73 Å². The normalized spacial score (nSPS) is 14.5. The summed E-state index contributed by atoms with van der Waals surface area (Å²) in [5, 5.41) is 8.33. The van der Waals surface area contributed by atoms with Crippen molar-refractivity contribution in [1.29, 1.82) is 0 Å². The fourth-order valence-electron chi connectivity index (χ4n) is 0.296. The van der Waals surface area contributed by atoms with Crippen molar-refractivity contribution in [3.05, 3.63) is 0 Å². The summed E-state index contributed by atoms with van der Waals surface area (Å²) in [5.74, 6) is 0. The molecule has 0 saturated carbocycles. The summed E-state index contributed by atoms with van der Waals surface area (Å²) >= 11 is 0. The molecule has 0 aliphatic carbocycles. The van der Waals surface area contributed by atoms with Gasteiger partial charge in [0.25, 0.3) is 0 Å². The predicted molar refractivity (Wildman–Crippen MR) is 25.1 cm³/mol. The number of hydrogen-bond acceptors (Lipinski definition) is 2. The molecule has 0 bridgehead atoms. The van der Waals surface area contributed by atoms with Gasteiger partial charge in [-0.25, -0.2) is 0 Å². The topological polar surface area (TPSA) is 46.2 Å². The fraction of sp³-hybridized carbons (Fsp3) is 1.00. The second kappa shape index (κ2) is 3.12. The Balaban J connectivity index is 2.63. The molecule has 0 fully saturated rings. The first-order valence-corrected chi connectivity index (χ1v) is 2.21. The van der Waals surface area contributed by atoms with Crippen LogP contribution in [-0.4, -0.2) is 11.3 Å². The maximum atomic E-state index is 8.33. The molecule has 0 rings (SSSR count). The van der Waals surface area contributed by atoms with Crippen LogP contribution in [-0.2, 0) is 0 Å². The number of rotatable bonds is 2. The molecule has 0 aromatic heterocycles. The lowest BCUT2D eigenvalue weighted by atomic mass is 10.3. The molecule has 0 saturated heterocycles. The fourth-order valence-corrected chi connectivity index (χ4v) is 0.296. The van der Waals surface area contributed by atoms with Gasteiger partial charge in [0.15, 0.2) is 0 Å². The minimum absolute atomic E-state index is 0.602. The first-order valence-electron chi connectivity index (χ1n) is 2.21. The molecule has 6 heavy (non-hydrogen) atoms. The Morgan fingerprint density at radius 2 is 2.33 bits per heavy atom. The zero-order chi connectivity index (χ0) is 4.99. The first kappa shape index (κ1) is 5.92. The molecule has 2 heteroatoms. The molecule has 0 aliphatic rings. The summed E-state index contributed by atoms with van der Waals surface area (Å²) < 4.78 is 0. The van der Waals surface area contributed by atoms with Crippen LogP contribution in [0.15, 0.2) is 0 Å². The van der Waals surface area contributed by atoms with E-state index in [1.54, 1.807) is 0 Å². The maximum absolute atomic E-state index is 8.33. The Morgan fingerprint density at radius 1 is 1.83 bits per heavy atom. The summed E-state index contributed by atoms with van der Waals surface area (Å²) in [6.07, 6.45) is 1.06.